The molecule has 0 aliphatic heterocycles. The van der Waals surface area contributed by atoms with Crippen molar-refractivity contribution in [1.82, 2.24) is 4.90 Å². The van der Waals surface area contributed by atoms with Crippen LogP contribution in [0.25, 0.3) is 11.1 Å². The highest BCUT2D eigenvalue weighted by Crippen LogP contribution is 2.27. The number of rotatable bonds is 2. The first-order chi connectivity index (χ1) is 11.0. The van der Waals surface area contributed by atoms with Crippen LogP contribution in [0, 0.1) is 0 Å². The molecule has 1 aromatic carbocycles. The second-order valence-electron chi connectivity index (χ2n) is 4.40. The minimum atomic E-state index is -0.959. The third-order valence-corrected chi connectivity index (χ3v) is 4.15. The molecule has 1 heterocycles. The van der Waals surface area contributed by atoms with Crippen molar-refractivity contribution in [2.75, 3.05) is 14.2 Å². The number of benzene rings is 1. The van der Waals surface area contributed by atoms with Crippen molar-refractivity contribution in [2.45, 2.75) is 0 Å². The van der Waals surface area contributed by atoms with Gasteiger partial charge >= 0.3 is 12.1 Å². The molecule has 3 amide bonds. The number of carbonyl (C=O) groups is 2. The minimum Gasteiger partial charge on any atom is -0.468 e. The Hall–Kier alpha value is -2.38. The van der Waals surface area contributed by atoms with Gasteiger partial charge in [0.05, 0.1) is 12.0 Å². The standard InChI is InChI=1S/C15H14ClN3O3S/c1-18-15(22-2)19(14(17)21)13(20)12-7-10(8-23-12)9-3-5-11(16)6-4-9/h3-8H,1-2H3,(H2,17,21). The SMILES string of the molecule is CN=C(OC)N(C(N)=O)C(=O)c1cc(-c2ccc(Cl)cc2)cs1. The number of nitrogens with two attached hydrogens (primary N) is 1. The van der Waals surface area contributed by atoms with Crippen molar-refractivity contribution in [2.24, 2.45) is 10.7 Å². The van der Waals surface area contributed by atoms with E-state index in [1.807, 2.05) is 17.5 Å². The molecule has 2 N–H and O–H groups in total. The van der Waals surface area contributed by atoms with Crippen LogP contribution in [0.1, 0.15) is 9.67 Å². The van der Waals surface area contributed by atoms with Crippen LogP contribution < -0.4 is 5.73 Å². The van der Waals surface area contributed by atoms with Crippen LogP contribution in [0.15, 0.2) is 40.7 Å². The molecule has 0 radical (unpaired) electrons. The molecule has 0 aliphatic carbocycles. The largest absolute Gasteiger partial charge is 0.468 e. The molecule has 8 heteroatoms. The lowest BCUT2D eigenvalue weighted by atomic mass is 10.1. The van der Waals surface area contributed by atoms with E-state index >= 15 is 0 Å². The number of imide groups is 1. The number of halogens is 1. The van der Waals surface area contributed by atoms with Gasteiger partial charge in [0.15, 0.2) is 0 Å². The van der Waals surface area contributed by atoms with E-state index in [2.05, 4.69) is 4.99 Å². The third-order valence-electron chi connectivity index (χ3n) is 2.98. The number of amides is 3. The zero-order valence-corrected chi connectivity index (χ0v) is 14.0. The van der Waals surface area contributed by atoms with Crippen LogP contribution in [0.2, 0.25) is 5.02 Å². The van der Waals surface area contributed by atoms with Gasteiger partial charge in [-0.05, 0) is 34.7 Å². The number of nitrogens with zero attached hydrogens (tertiary/aromatic N) is 2. The Labute approximate surface area is 142 Å². The van der Waals surface area contributed by atoms with Crippen molar-refractivity contribution in [3.05, 3.63) is 45.6 Å². The third kappa shape index (κ3) is 3.69. The topological polar surface area (TPSA) is 85.0 Å². The molecule has 0 unspecified atom stereocenters. The van der Waals surface area contributed by atoms with Gasteiger partial charge in [-0.15, -0.1) is 11.3 Å². The Morgan fingerprint density at radius 2 is 1.91 bits per heavy atom. The lowest BCUT2D eigenvalue weighted by Crippen LogP contribution is -2.45. The van der Waals surface area contributed by atoms with Crippen molar-refractivity contribution in [3.63, 3.8) is 0 Å². The summed E-state index contributed by atoms with van der Waals surface area (Å²) >= 11 is 7.06. The monoisotopic (exact) mass is 351 g/mol. The molecule has 0 spiro atoms. The minimum absolute atomic E-state index is 0.163. The molecular weight excluding hydrogens is 338 g/mol. The highest BCUT2D eigenvalue weighted by atomic mass is 35.5. The normalized spacial score (nSPS) is 11.2. The van der Waals surface area contributed by atoms with E-state index in [0.717, 1.165) is 11.1 Å². The summed E-state index contributed by atoms with van der Waals surface area (Å²) in [5.41, 5.74) is 7.01. The van der Waals surface area contributed by atoms with Gasteiger partial charge in [-0.3, -0.25) is 4.79 Å². The Morgan fingerprint density at radius 1 is 1.26 bits per heavy atom. The molecule has 6 nitrogen and oxygen atoms in total. The van der Waals surface area contributed by atoms with E-state index in [1.165, 1.54) is 25.5 Å². The molecule has 23 heavy (non-hydrogen) atoms. The fourth-order valence-electron chi connectivity index (χ4n) is 1.92. The molecular formula is C15H14ClN3O3S. The van der Waals surface area contributed by atoms with Gasteiger partial charge in [0.2, 0.25) is 0 Å². The predicted octanol–water partition coefficient (Wildman–Crippen LogP) is 3.22. The van der Waals surface area contributed by atoms with Gasteiger partial charge in [-0.2, -0.15) is 4.90 Å². The molecule has 2 rings (SSSR count). The molecule has 0 aliphatic rings. The van der Waals surface area contributed by atoms with E-state index in [9.17, 15) is 9.59 Å². The smallest absolute Gasteiger partial charge is 0.330 e. The summed E-state index contributed by atoms with van der Waals surface area (Å²) in [5, 5.41) is 2.44. The summed E-state index contributed by atoms with van der Waals surface area (Å²) in [6.45, 7) is 0. The average molecular weight is 352 g/mol. The first-order valence-electron chi connectivity index (χ1n) is 6.47. The summed E-state index contributed by atoms with van der Waals surface area (Å²) in [5.74, 6) is -0.592. The van der Waals surface area contributed by atoms with Gasteiger partial charge in [-0.25, -0.2) is 9.79 Å². The fourth-order valence-corrected chi connectivity index (χ4v) is 2.89. The maximum absolute atomic E-state index is 12.5. The van der Waals surface area contributed by atoms with Gasteiger partial charge in [-0.1, -0.05) is 23.7 Å². The van der Waals surface area contributed by atoms with Crippen LogP contribution in [-0.2, 0) is 4.74 Å². The van der Waals surface area contributed by atoms with Crippen LogP contribution >= 0.6 is 22.9 Å². The number of methoxy groups -OCH3 is 1. The van der Waals surface area contributed by atoms with Crippen molar-refractivity contribution in [1.29, 1.82) is 0 Å². The van der Waals surface area contributed by atoms with E-state index < -0.39 is 11.9 Å². The van der Waals surface area contributed by atoms with Crippen molar-refractivity contribution in [3.8, 4) is 11.1 Å². The Morgan fingerprint density at radius 3 is 2.43 bits per heavy atom. The lowest BCUT2D eigenvalue weighted by molar-refractivity contribution is 0.0859. The molecule has 0 saturated heterocycles. The van der Waals surface area contributed by atoms with Crippen LogP contribution in [0.5, 0.6) is 0 Å². The van der Waals surface area contributed by atoms with Gasteiger partial charge in [0.1, 0.15) is 0 Å². The van der Waals surface area contributed by atoms with Gasteiger partial charge < -0.3 is 10.5 Å². The molecule has 0 fully saturated rings. The van der Waals surface area contributed by atoms with E-state index in [4.69, 9.17) is 22.1 Å². The van der Waals surface area contributed by atoms with E-state index in [0.29, 0.717) is 14.8 Å². The fraction of sp³-hybridized carbons (Fsp3) is 0.133. The summed E-state index contributed by atoms with van der Waals surface area (Å²) in [7, 11) is 2.70. The molecule has 0 atom stereocenters. The Bertz CT molecular complexity index is 756. The van der Waals surface area contributed by atoms with Crippen molar-refractivity contribution >= 4 is 40.9 Å². The maximum Gasteiger partial charge on any atom is 0.330 e. The molecule has 0 bridgehead atoms. The van der Waals surface area contributed by atoms with Gasteiger partial charge in [0, 0.05) is 12.1 Å². The highest BCUT2D eigenvalue weighted by Gasteiger charge is 2.28. The molecule has 2 aromatic rings. The quantitative estimate of drug-likeness (QED) is 0.665. The number of primary amides is 1. The van der Waals surface area contributed by atoms with Crippen LogP contribution in [0.3, 0.4) is 0 Å². The van der Waals surface area contributed by atoms with Crippen LogP contribution in [0.4, 0.5) is 4.79 Å². The lowest BCUT2D eigenvalue weighted by Gasteiger charge is -2.17. The number of thiophene rings is 1. The van der Waals surface area contributed by atoms with Gasteiger partial charge in [0.25, 0.3) is 5.91 Å². The number of urea groups is 1. The molecule has 120 valence electrons. The van der Waals surface area contributed by atoms with Crippen LogP contribution in [-0.4, -0.2) is 37.0 Å². The molecule has 0 saturated carbocycles. The second-order valence-corrected chi connectivity index (χ2v) is 5.74. The summed E-state index contributed by atoms with van der Waals surface area (Å²) in [6.07, 6.45) is 0. The zero-order valence-electron chi connectivity index (χ0n) is 12.4. The molecule has 1 aromatic heterocycles. The Balaban J connectivity index is 2.33. The summed E-state index contributed by atoms with van der Waals surface area (Å²) in [4.78, 5) is 28.8. The number of ether oxygens (including phenoxy) is 1. The van der Waals surface area contributed by atoms with E-state index in [-0.39, 0.29) is 6.02 Å². The summed E-state index contributed by atoms with van der Waals surface area (Å²) < 4.78 is 4.91. The van der Waals surface area contributed by atoms with E-state index in [1.54, 1.807) is 18.2 Å². The van der Waals surface area contributed by atoms with Crippen molar-refractivity contribution < 1.29 is 14.3 Å². The Kier molecular flexibility index (Phi) is 5.36. The first kappa shape index (κ1) is 17.0. The average Bonchev–Trinajstić information content (AvgIpc) is 3.02. The zero-order chi connectivity index (χ0) is 17.0. The highest BCUT2D eigenvalue weighted by molar-refractivity contribution is 7.12. The summed E-state index contributed by atoms with van der Waals surface area (Å²) in [6, 6.07) is 7.77. The number of hydrogen-bond donors (Lipinski definition) is 1. The number of carbonyl (C=O) groups excluding carboxylic acids is 2. The number of hydrogen-bond acceptors (Lipinski definition) is 5. The predicted molar refractivity (Wildman–Crippen MR) is 90.9 cm³/mol. The number of amidine groups is 1. The number of aliphatic imine (C=N–C) groups is 1. The first-order valence-corrected chi connectivity index (χ1v) is 7.72. The second kappa shape index (κ2) is 7.26. The maximum atomic E-state index is 12.5.